The van der Waals surface area contributed by atoms with Crippen LogP contribution in [0.25, 0.3) is 0 Å². The van der Waals surface area contributed by atoms with Crippen molar-refractivity contribution in [3.63, 3.8) is 0 Å². The number of nitrogens with zero attached hydrogens (tertiary/aromatic N) is 1. The highest BCUT2D eigenvalue weighted by molar-refractivity contribution is 6.02. The fourth-order valence-corrected chi connectivity index (χ4v) is 2.91. The third kappa shape index (κ3) is 1.73. The summed E-state index contributed by atoms with van der Waals surface area (Å²) in [4.78, 5) is 27.0. The van der Waals surface area contributed by atoms with Crippen LogP contribution < -0.4 is 5.32 Å². The smallest absolute Gasteiger partial charge is 0.249 e. The van der Waals surface area contributed by atoms with E-state index in [2.05, 4.69) is 5.32 Å². The molecule has 1 saturated heterocycles. The van der Waals surface area contributed by atoms with E-state index in [0.29, 0.717) is 18.9 Å². The van der Waals surface area contributed by atoms with Gasteiger partial charge in [0.2, 0.25) is 11.8 Å². The van der Waals surface area contributed by atoms with E-state index in [1.807, 2.05) is 32.6 Å². The number of rotatable bonds is 4. The summed E-state index contributed by atoms with van der Waals surface area (Å²) < 4.78 is 0. The average Bonchev–Trinajstić information content (AvgIpc) is 3.16. The monoisotopic (exact) mass is 252 g/mol. The second kappa shape index (κ2) is 4.25. The number of carbonyl (C=O) groups excluding carboxylic acids is 2. The number of amides is 2. The number of nitrogens with one attached hydrogen (secondary N) is 1. The van der Waals surface area contributed by atoms with Crippen molar-refractivity contribution in [2.75, 3.05) is 6.54 Å². The Morgan fingerprint density at radius 3 is 2.33 bits per heavy atom. The van der Waals surface area contributed by atoms with Gasteiger partial charge in [-0.2, -0.15) is 0 Å². The summed E-state index contributed by atoms with van der Waals surface area (Å²) in [6.07, 6.45) is 3.64. The van der Waals surface area contributed by atoms with Crippen LogP contribution in [0.15, 0.2) is 0 Å². The van der Waals surface area contributed by atoms with Crippen LogP contribution in [0.4, 0.5) is 0 Å². The largest absolute Gasteiger partial charge is 0.340 e. The Bertz CT molecular complexity index is 378. The molecule has 18 heavy (non-hydrogen) atoms. The maximum atomic E-state index is 12.7. The van der Waals surface area contributed by atoms with Gasteiger partial charge in [0, 0.05) is 6.54 Å². The summed E-state index contributed by atoms with van der Waals surface area (Å²) in [5, 5.41) is 3.00. The van der Waals surface area contributed by atoms with E-state index in [1.165, 1.54) is 0 Å². The lowest BCUT2D eigenvalue weighted by Gasteiger charge is -2.50. The molecular formula is C14H24N2O2. The van der Waals surface area contributed by atoms with E-state index in [-0.39, 0.29) is 11.8 Å². The molecule has 1 aliphatic carbocycles. The van der Waals surface area contributed by atoms with Crippen molar-refractivity contribution >= 4 is 11.8 Å². The van der Waals surface area contributed by atoms with Gasteiger partial charge in [-0.3, -0.25) is 9.59 Å². The molecule has 1 aliphatic heterocycles. The molecule has 0 aromatic rings. The molecule has 102 valence electrons. The van der Waals surface area contributed by atoms with Gasteiger partial charge < -0.3 is 10.2 Å². The van der Waals surface area contributed by atoms with Gasteiger partial charge in [-0.25, -0.2) is 0 Å². The summed E-state index contributed by atoms with van der Waals surface area (Å²) >= 11 is 0. The van der Waals surface area contributed by atoms with Gasteiger partial charge in [0.25, 0.3) is 0 Å². The first-order chi connectivity index (χ1) is 8.40. The standard InChI is InChI=1S/C14H24N2O2/c1-5-9-16-12(18)14(4,10-7-8-10)15-11(17)13(16,3)6-2/h10H,5-9H2,1-4H3,(H,15,17). The maximum absolute atomic E-state index is 12.7. The zero-order valence-corrected chi connectivity index (χ0v) is 11.9. The molecule has 0 aromatic heterocycles. The molecule has 0 bridgehead atoms. The third-order valence-electron chi connectivity index (χ3n) is 4.68. The zero-order chi connectivity index (χ0) is 13.6. The van der Waals surface area contributed by atoms with Gasteiger partial charge >= 0.3 is 0 Å². The van der Waals surface area contributed by atoms with E-state index >= 15 is 0 Å². The molecule has 2 atom stereocenters. The molecule has 0 aromatic carbocycles. The molecule has 2 unspecified atom stereocenters. The maximum Gasteiger partial charge on any atom is 0.249 e. The van der Waals surface area contributed by atoms with Crippen molar-refractivity contribution in [2.45, 2.75) is 64.5 Å². The highest BCUT2D eigenvalue weighted by Gasteiger charge is 2.58. The third-order valence-corrected chi connectivity index (χ3v) is 4.68. The molecule has 0 radical (unpaired) electrons. The lowest BCUT2D eigenvalue weighted by molar-refractivity contribution is -0.162. The first-order valence-electron chi connectivity index (χ1n) is 7.04. The van der Waals surface area contributed by atoms with Gasteiger partial charge in [-0.1, -0.05) is 13.8 Å². The van der Waals surface area contributed by atoms with Gasteiger partial charge in [-0.05, 0) is 45.4 Å². The molecule has 1 N–H and O–H groups in total. The second-order valence-corrected chi connectivity index (χ2v) is 6.01. The highest BCUT2D eigenvalue weighted by atomic mass is 16.2. The van der Waals surface area contributed by atoms with Gasteiger partial charge in [0.15, 0.2) is 0 Å². The summed E-state index contributed by atoms with van der Waals surface area (Å²) in [6, 6.07) is 0. The molecule has 2 fully saturated rings. The topological polar surface area (TPSA) is 49.4 Å². The van der Waals surface area contributed by atoms with Gasteiger partial charge in [0.05, 0.1) is 0 Å². The summed E-state index contributed by atoms with van der Waals surface area (Å²) in [5.41, 5.74) is -1.34. The van der Waals surface area contributed by atoms with Crippen LogP contribution in [0.1, 0.15) is 53.4 Å². The van der Waals surface area contributed by atoms with Gasteiger partial charge in [0.1, 0.15) is 11.1 Å². The molecule has 1 heterocycles. The van der Waals surface area contributed by atoms with Crippen LogP contribution in [0, 0.1) is 5.92 Å². The molecule has 0 spiro atoms. The van der Waals surface area contributed by atoms with Crippen molar-refractivity contribution in [2.24, 2.45) is 5.92 Å². The van der Waals surface area contributed by atoms with Crippen LogP contribution in [0.5, 0.6) is 0 Å². The van der Waals surface area contributed by atoms with Gasteiger partial charge in [-0.15, -0.1) is 0 Å². The van der Waals surface area contributed by atoms with E-state index in [4.69, 9.17) is 0 Å². The fourth-order valence-electron chi connectivity index (χ4n) is 2.91. The van der Waals surface area contributed by atoms with E-state index in [0.717, 1.165) is 19.3 Å². The molecular weight excluding hydrogens is 228 g/mol. The minimum atomic E-state index is -0.679. The average molecular weight is 252 g/mol. The zero-order valence-electron chi connectivity index (χ0n) is 11.9. The molecule has 2 aliphatic rings. The number of hydrogen-bond acceptors (Lipinski definition) is 2. The predicted molar refractivity (Wildman–Crippen MR) is 70.0 cm³/mol. The van der Waals surface area contributed by atoms with Crippen molar-refractivity contribution < 1.29 is 9.59 Å². The van der Waals surface area contributed by atoms with E-state index < -0.39 is 11.1 Å². The minimum absolute atomic E-state index is 0.00690. The first kappa shape index (κ1) is 13.4. The number of piperazine rings is 1. The first-order valence-corrected chi connectivity index (χ1v) is 7.04. The van der Waals surface area contributed by atoms with Crippen LogP contribution >= 0.6 is 0 Å². The minimum Gasteiger partial charge on any atom is -0.340 e. The summed E-state index contributed by atoms with van der Waals surface area (Å²) in [7, 11) is 0. The van der Waals surface area contributed by atoms with Crippen molar-refractivity contribution in [3.05, 3.63) is 0 Å². The van der Waals surface area contributed by atoms with E-state index in [1.54, 1.807) is 0 Å². The Labute approximate surface area is 109 Å². The van der Waals surface area contributed by atoms with Crippen LogP contribution in [-0.4, -0.2) is 34.3 Å². The Hall–Kier alpha value is -1.06. The Kier molecular flexibility index (Phi) is 3.16. The van der Waals surface area contributed by atoms with E-state index in [9.17, 15) is 9.59 Å². The highest BCUT2D eigenvalue weighted by Crippen LogP contribution is 2.44. The molecule has 1 saturated carbocycles. The molecule has 4 heteroatoms. The Morgan fingerprint density at radius 2 is 1.89 bits per heavy atom. The molecule has 4 nitrogen and oxygen atoms in total. The Morgan fingerprint density at radius 1 is 1.28 bits per heavy atom. The van der Waals surface area contributed by atoms with Crippen LogP contribution in [0.2, 0.25) is 0 Å². The number of hydrogen-bond donors (Lipinski definition) is 1. The molecule has 2 amide bonds. The lowest BCUT2D eigenvalue weighted by Crippen LogP contribution is -2.74. The second-order valence-electron chi connectivity index (χ2n) is 6.01. The SMILES string of the molecule is CCCN1C(=O)C(C)(C2CC2)NC(=O)C1(C)CC. The number of carbonyl (C=O) groups is 2. The molecule has 2 rings (SSSR count). The van der Waals surface area contributed by atoms with Crippen molar-refractivity contribution in [1.29, 1.82) is 0 Å². The summed E-state index contributed by atoms with van der Waals surface area (Å²) in [5.74, 6) is 0.443. The lowest BCUT2D eigenvalue weighted by atomic mass is 9.83. The fraction of sp³-hybridized carbons (Fsp3) is 0.857. The predicted octanol–water partition coefficient (Wildman–Crippen LogP) is 1.69. The van der Waals surface area contributed by atoms with Crippen LogP contribution in [-0.2, 0) is 9.59 Å². The van der Waals surface area contributed by atoms with Crippen molar-refractivity contribution in [1.82, 2.24) is 10.2 Å². The summed E-state index contributed by atoms with van der Waals surface area (Å²) in [6.45, 7) is 8.45. The normalized spacial score (nSPS) is 36.8. The van der Waals surface area contributed by atoms with Crippen molar-refractivity contribution in [3.8, 4) is 0 Å². The quantitative estimate of drug-likeness (QED) is 0.827. The van der Waals surface area contributed by atoms with Crippen LogP contribution in [0.3, 0.4) is 0 Å². The Balaban J connectivity index is 2.35.